The zero-order valence-electron chi connectivity index (χ0n) is 15.3. The molecule has 1 aliphatic rings. The van der Waals surface area contributed by atoms with Crippen molar-refractivity contribution in [3.8, 4) is 0 Å². The van der Waals surface area contributed by atoms with Crippen LogP contribution in [0.5, 0.6) is 0 Å². The average molecular weight is 355 g/mol. The fourth-order valence-corrected chi connectivity index (χ4v) is 3.54. The summed E-state index contributed by atoms with van der Waals surface area (Å²) in [7, 11) is 0. The van der Waals surface area contributed by atoms with Gasteiger partial charge in [0.2, 0.25) is 5.91 Å². The molecule has 138 valence electrons. The second-order valence-corrected chi connectivity index (χ2v) is 7.14. The first-order valence-electron chi connectivity index (χ1n) is 9.07. The van der Waals surface area contributed by atoms with Crippen LogP contribution in [-0.4, -0.2) is 38.2 Å². The molecule has 1 aliphatic heterocycles. The third-order valence-electron chi connectivity index (χ3n) is 4.85. The van der Waals surface area contributed by atoms with Crippen LogP contribution in [-0.2, 0) is 29.1 Å². The molecule has 1 aromatic carbocycles. The lowest BCUT2D eigenvalue weighted by atomic mass is 9.87. The Hall–Kier alpha value is -2.63. The van der Waals surface area contributed by atoms with Crippen LogP contribution in [0, 0.1) is 5.92 Å². The van der Waals surface area contributed by atoms with Crippen LogP contribution in [0.15, 0.2) is 36.4 Å². The maximum atomic E-state index is 13.2. The number of fused-ring (bicyclic) bond motifs is 1. The SMILES string of the molecule is CC(C)[C@H](C(=O)N1CCn2nc(CCC(=O)O)cc2C1)c1ccccc1. The summed E-state index contributed by atoms with van der Waals surface area (Å²) >= 11 is 0. The summed E-state index contributed by atoms with van der Waals surface area (Å²) in [5.41, 5.74) is 2.80. The molecule has 0 fully saturated rings. The molecule has 1 aromatic heterocycles. The van der Waals surface area contributed by atoms with Crippen molar-refractivity contribution in [2.24, 2.45) is 5.92 Å². The predicted octanol–water partition coefficient (Wildman–Crippen LogP) is 2.68. The molecule has 0 saturated carbocycles. The number of carbonyl (C=O) groups excluding carboxylic acids is 1. The number of aliphatic carboxylic acids is 1. The quantitative estimate of drug-likeness (QED) is 0.864. The molecule has 1 amide bonds. The Bertz CT molecular complexity index is 783. The molecule has 1 atom stereocenters. The number of nitrogens with zero attached hydrogens (tertiary/aromatic N) is 3. The Morgan fingerprint density at radius 1 is 1.19 bits per heavy atom. The van der Waals surface area contributed by atoms with Crippen LogP contribution < -0.4 is 0 Å². The maximum absolute atomic E-state index is 13.2. The van der Waals surface area contributed by atoms with Crippen molar-refractivity contribution >= 4 is 11.9 Å². The molecule has 1 N–H and O–H groups in total. The number of aromatic nitrogens is 2. The summed E-state index contributed by atoms with van der Waals surface area (Å²) in [5, 5.41) is 13.3. The van der Waals surface area contributed by atoms with E-state index in [2.05, 4.69) is 18.9 Å². The van der Waals surface area contributed by atoms with Gasteiger partial charge in [0.25, 0.3) is 0 Å². The van der Waals surface area contributed by atoms with Gasteiger partial charge < -0.3 is 10.0 Å². The highest BCUT2D eigenvalue weighted by Gasteiger charge is 2.31. The van der Waals surface area contributed by atoms with E-state index in [1.54, 1.807) is 0 Å². The van der Waals surface area contributed by atoms with E-state index in [4.69, 9.17) is 5.11 Å². The highest BCUT2D eigenvalue weighted by Crippen LogP contribution is 2.28. The van der Waals surface area contributed by atoms with Crippen LogP contribution in [0.1, 0.15) is 43.1 Å². The van der Waals surface area contributed by atoms with Crippen molar-refractivity contribution in [3.05, 3.63) is 53.3 Å². The summed E-state index contributed by atoms with van der Waals surface area (Å²) < 4.78 is 1.90. The van der Waals surface area contributed by atoms with Crippen molar-refractivity contribution in [2.45, 2.75) is 45.7 Å². The number of benzene rings is 1. The second kappa shape index (κ2) is 7.72. The van der Waals surface area contributed by atoms with Crippen LogP contribution in [0.3, 0.4) is 0 Å². The number of carboxylic acids is 1. The first-order valence-corrected chi connectivity index (χ1v) is 9.07. The number of carboxylic acid groups (broad SMARTS) is 1. The topological polar surface area (TPSA) is 75.4 Å². The van der Waals surface area contributed by atoms with Crippen LogP contribution >= 0.6 is 0 Å². The summed E-state index contributed by atoms with van der Waals surface area (Å²) in [6.07, 6.45) is 0.491. The van der Waals surface area contributed by atoms with Gasteiger partial charge in [0.1, 0.15) is 0 Å². The van der Waals surface area contributed by atoms with Crippen molar-refractivity contribution in [3.63, 3.8) is 0 Å². The molecule has 6 heteroatoms. The van der Waals surface area contributed by atoms with E-state index in [0.717, 1.165) is 17.0 Å². The summed E-state index contributed by atoms with van der Waals surface area (Å²) in [6.45, 7) is 5.95. The van der Waals surface area contributed by atoms with E-state index >= 15 is 0 Å². The highest BCUT2D eigenvalue weighted by molar-refractivity contribution is 5.84. The molecule has 2 aromatic rings. The van der Waals surface area contributed by atoms with Crippen LogP contribution in [0.2, 0.25) is 0 Å². The summed E-state index contributed by atoms with van der Waals surface area (Å²) in [4.78, 5) is 25.8. The van der Waals surface area contributed by atoms with Gasteiger partial charge in [0.15, 0.2) is 0 Å². The van der Waals surface area contributed by atoms with Gasteiger partial charge in [-0.15, -0.1) is 0 Å². The zero-order valence-corrected chi connectivity index (χ0v) is 15.3. The number of rotatable bonds is 6. The third kappa shape index (κ3) is 3.95. The standard InChI is InChI=1S/C20H25N3O3/c1-14(2)19(15-6-4-3-5-7-15)20(26)22-10-11-23-17(13-22)12-16(21-23)8-9-18(24)25/h3-7,12,14,19H,8-11,13H2,1-2H3,(H,24,25)/t19-/m0/s1. The van der Waals surface area contributed by atoms with Gasteiger partial charge in [0.05, 0.1) is 36.8 Å². The summed E-state index contributed by atoms with van der Waals surface area (Å²) in [5.74, 6) is -0.624. The lowest BCUT2D eigenvalue weighted by molar-refractivity contribution is -0.137. The molecular formula is C20H25N3O3. The van der Waals surface area contributed by atoms with Crippen molar-refractivity contribution < 1.29 is 14.7 Å². The van der Waals surface area contributed by atoms with Gasteiger partial charge in [-0.1, -0.05) is 44.2 Å². The number of hydrogen-bond acceptors (Lipinski definition) is 3. The van der Waals surface area contributed by atoms with E-state index in [-0.39, 0.29) is 24.2 Å². The predicted molar refractivity (Wildman–Crippen MR) is 97.6 cm³/mol. The Balaban J connectivity index is 1.74. The molecule has 26 heavy (non-hydrogen) atoms. The molecule has 0 saturated heterocycles. The van der Waals surface area contributed by atoms with Crippen molar-refractivity contribution in [1.29, 1.82) is 0 Å². The van der Waals surface area contributed by atoms with E-state index < -0.39 is 5.97 Å². The molecule has 0 aliphatic carbocycles. The minimum Gasteiger partial charge on any atom is -0.481 e. The Labute approximate surface area is 153 Å². The number of aryl methyl sites for hydroxylation is 1. The van der Waals surface area contributed by atoms with Gasteiger partial charge >= 0.3 is 5.97 Å². The molecule has 2 heterocycles. The first kappa shape index (κ1) is 18.2. The minimum absolute atomic E-state index is 0.0720. The average Bonchev–Trinajstić information content (AvgIpc) is 3.02. The van der Waals surface area contributed by atoms with Crippen LogP contribution in [0.25, 0.3) is 0 Å². The zero-order chi connectivity index (χ0) is 18.7. The molecule has 3 rings (SSSR count). The fourth-order valence-electron chi connectivity index (χ4n) is 3.54. The lowest BCUT2D eigenvalue weighted by Gasteiger charge is -2.32. The molecule has 0 unspecified atom stereocenters. The van der Waals surface area contributed by atoms with Crippen molar-refractivity contribution in [1.82, 2.24) is 14.7 Å². The lowest BCUT2D eigenvalue weighted by Crippen LogP contribution is -2.42. The highest BCUT2D eigenvalue weighted by atomic mass is 16.4. The van der Waals surface area contributed by atoms with Gasteiger partial charge in [-0.3, -0.25) is 14.3 Å². The van der Waals surface area contributed by atoms with E-state index in [9.17, 15) is 9.59 Å². The molecule has 0 spiro atoms. The molecule has 0 radical (unpaired) electrons. The Morgan fingerprint density at radius 3 is 2.58 bits per heavy atom. The van der Waals surface area contributed by atoms with Gasteiger partial charge in [-0.2, -0.15) is 5.10 Å². The second-order valence-electron chi connectivity index (χ2n) is 7.14. The van der Waals surface area contributed by atoms with Gasteiger partial charge in [-0.25, -0.2) is 0 Å². The van der Waals surface area contributed by atoms with E-state index in [0.29, 0.717) is 26.1 Å². The first-order chi connectivity index (χ1) is 12.5. The minimum atomic E-state index is -0.824. The number of hydrogen-bond donors (Lipinski definition) is 1. The number of amides is 1. The van der Waals surface area contributed by atoms with E-state index in [1.165, 1.54) is 0 Å². The number of carbonyl (C=O) groups is 2. The van der Waals surface area contributed by atoms with E-state index in [1.807, 2.05) is 46.0 Å². The van der Waals surface area contributed by atoms with Gasteiger partial charge in [-0.05, 0) is 17.5 Å². The largest absolute Gasteiger partial charge is 0.481 e. The smallest absolute Gasteiger partial charge is 0.303 e. The molecular weight excluding hydrogens is 330 g/mol. The fraction of sp³-hybridized carbons (Fsp3) is 0.450. The van der Waals surface area contributed by atoms with Gasteiger partial charge in [0, 0.05) is 13.0 Å². The van der Waals surface area contributed by atoms with Crippen molar-refractivity contribution in [2.75, 3.05) is 6.54 Å². The Morgan fingerprint density at radius 2 is 1.92 bits per heavy atom. The normalized spacial score (nSPS) is 15.0. The maximum Gasteiger partial charge on any atom is 0.303 e. The molecule has 0 bridgehead atoms. The Kier molecular flexibility index (Phi) is 5.40. The third-order valence-corrected chi connectivity index (χ3v) is 4.85. The van der Waals surface area contributed by atoms with Crippen LogP contribution in [0.4, 0.5) is 0 Å². The monoisotopic (exact) mass is 355 g/mol. The molecule has 6 nitrogen and oxygen atoms in total. The summed E-state index contributed by atoms with van der Waals surface area (Å²) in [6, 6.07) is 11.9.